The minimum atomic E-state index is 0.431. The number of aromatic nitrogens is 3. The van der Waals surface area contributed by atoms with Crippen LogP contribution in [0.4, 0.5) is 5.82 Å². The highest BCUT2D eigenvalue weighted by Crippen LogP contribution is 2.23. The smallest absolute Gasteiger partial charge is 0.158 e. The van der Waals surface area contributed by atoms with Crippen LogP contribution in [0.3, 0.4) is 0 Å². The third-order valence-electron chi connectivity index (χ3n) is 1.88. The number of rotatable bonds is 2. The van der Waals surface area contributed by atoms with Crippen LogP contribution in [-0.2, 0) is 0 Å². The van der Waals surface area contributed by atoms with Crippen molar-refractivity contribution < 1.29 is 0 Å². The summed E-state index contributed by atoms with van der Waals surface area (Å²) >= 11 is 5.99. The van der Waals surface area contributed by atoms with Gasteiger partial charge < -0.3 is 9.88 Å². The zero-order valence-electron chi connectivity index (χ0n) is 7.61. The molecule has 2 heterocycles. The summed E-state index contributed by atoms with van der Waals surface area (Å²) in [5.41, 5.74) is 0.765. The summed E-state index contributed by atoms with van der Waals surface area (Å²) in [5.74, 6) is 0.709. The molecule has 0 amide bonds. The summed E-state index contributed by atoms with van der Waals surface area (Å²) in [5, 5.41) is 3.40. The predicted octanol–water partition coefficient (Wildman–Crippen LogP) is 1.96. The first-order valence-electron chi connectivity index (χ1n) is 4.14. The van der Waals surface area contributed by atoms with E-state index < -0.39 is 0 Å². The van der Waals surface area contributed by atoms with Gasteiger partial charge in [-0.25, -0.2) is 9.97 Å². The number of nitrogens with one attached hydrogen (secondary N) is 1. The van der Waals surface area contributed by atoms with E-state index in [0.29, 0.717) is 11.0 Å². The quantitative estimate of drug-likeness (QED) is 0.768. The standard InChI is InChI=1S/C9H9ClN4/c1-11-9-7(8(10)12-6-13-9)14-4-2-3-5-14/h2-6H,1H3,(H,11,12,13). The molecule has 0 radical (unpaired) electrons. The van der Waals surface area contributed by atoms with Crippen molar-refractivity contribution in [2.75, 3.05) is 12.4 Å². The van der Waals surface area contributed by atoms with E-state index in [0.717, 1.165) is 5.69 Å². The number of halogens is 1. The molecule has 0 saturated carbocycles. The third-order valence-corrected chi connectivity index (χ3v) is 2.15. The Morgan fingerprint density at radius 3 is 2.64 bits per heavy atom. The molecule has 0 spiro atoms. The first-order valence-corrected chi connectivity index (χ1v) is 4.52. The van der Waals surface area contributed by atoms with Crippen LogP contribution in [0.25, 0.3) is 5.69 Å². The molecule has 0 aliphatic heterocycles. The SMILES string of the molecule is CNc1ncnc(Cl)c1-n1cccc1. The molecule has 5 heteroatoms. The van der Waals surface area contributed by atoms with Crippen molar-refractivity contribution in [2.24, 2.45) is 0 Å². The summed E-state index contributed by atoms with van der Waals surface area (Å²) in [6, 6.07) is 3.84. The zero-order valence-corrected chi connectivity index (χ0v) is 8.36. The summed E-state index contributed by atoms with van der Waals surface area (Å²) in [6.07, 6.45) is 5.22. The van der Waals surface area contributed by atoms with E-state index in [1.807, 2.05) is 29.1 Å². The number of nitrogens with zero attached hydrogens (tertiary/aromatic N) is 3. The van der Waals surface area contributed by atoms with E-state index in [-0.39, 0.29) is 0 Å². The van der Waals surface area contributed by atoms with Gasteiger partial charge in [-0.1, -0.05) is 11.6 Å². The normalized spacial score (nSPS) is 10.1. The number of anilines is 1. The van der Waals surface area contributed by atoms with E-state index >= 15 is 0 Å². The zero-order chi connectivity index (χ0) is 9.97. The Morgan fingerprint density at radius 1 is 1.29 bits per heavy atom. The maximum atomic E-state index is 5.99. The monoisotopic (exact) mass is 208 g/mol. The Kier molecular flexibility index (Phi) is 2.37. The summed E-state index contributed by atoms with van der Waals surface area (Å²) in [7, 11) is 1.80. The van der Waals surface area contributed by atoms with Crippen LogP contribution in [0, 0.1) is 0 Å². The highest BCUT2D eigenvalue weighted by Gasteiger charge is 2.09. The van der Waals surface area contributed by atoms with E-state index in [9.17, 15) is 0 Å². The van der Waals surface area contributed by atoms with Crippen molar-refractivity contribution in [3.05, 3.63) is 36.0 Å². The fraction of sp³-hybridized carbons (Fsp3) is 0.111. The maximum absolute atomic E-state index is 5.99. The molecular formula is C9H9ClN4. The van der Waals surface area contributed by atoms with Crippen LogP contribution in [0.5, 0.6) is 0 Å². The van der Waals surface area contributed by atoms with E-state index in [1.165, 1.54) is 6.33 Å². The van der Waals surface area contributed by atoms with Gasteiger partial charge in [-0.15, -0.1) is 0 Å². The number of hydrogen-bond donors (Lipinski definition) is 1. The van der Waals surface area contributed by atoms with Crippen molar-refractivity contribution in [1.29, 1.82) is 0 Å². The minimum Gasteiger partial charge on any atom is -0.371 e. The lowest BCUT2D eigenvalue weighted by molar-refractivity contribution is 1.02. The summed E-state index contributed by atoms with van der Waals surface area (Å²) in [4.78, 5) is 8.02. The van der Waals surface area contributed by atoms with Gasteiger partial charge in [0, 0.05) is 19.4 Å². The molecular weight excluding hydrogens is 200 g/mol. The average molecular weight is 209 g/mol. The molecule has 0 aliphatic rings. The van der Waals surface area contributed by atoms with Crippen LogP contribution < -0.4 is 5.32 Å². The Labute approximate surface area is 86.6 Å². The molecule has 2 aromatic heterocycles. The van der Waals surface area contributed by atoms with E-state index in [2.05, 4.69) is 15.3 Å². The maximum Gasteiger partial charge on any atom is 0.158 e. The first kappa shape index (κ1) is 9.02. The first-order chi connectivity index (χ1) is 6.83. The van der Waals surface area contributed by atoms with Gasteiger partial charge in [0.1, 0.15) is 12.0 Å². The van der Waals surface area contributed by atoms with Gasteiger partial charge >= 0.3 is 0 Å². The van der Waals surface area contributed by atoms with Crippen LogP contribution in [-0.4, -0.2) is 21.6 Å². The lowest BCUT2D eigenvalue weighted by Gasteiger charge is -2.09. The molecule has 0 unspecified atom stereocenters. The molecule has 4 nitrogen and oxygen atoms in total. The molecule has 2 rings (SSSR count). The van der Waals surface area contributed by atoms with E-state index in [1.54, 1.807) is 7.05 Å². The molecule has 72 valence electrons. The molecule has 0 atom stereocenters. The van der Waals surface area contributed by atoms with Crippen molar-refractivity contribution in [1.82, 2.24) is 14.5 Å². The van der Waals surface area contributed by atoms with Gasteiger partial charge in [-0.3, -0.25) is 0 Å². The van der Waals surface area contributed by atoms with Crippen molar-refractivity contribution >= 4 is 17.4 Å². The number of hydrogen-bond acceptors (Lipinski definition) is 3. The van der Waals surface area contributed by atoms with Gasteiger partial charge in [0.2, 0.25) is 0 Å². The van der Waals surface area contributed by atoms with Crippen LogP contribution in [0.1, 0.15) is 0 Å². The minimum absolute atomic E-state index is 0.431. The molecule has 0 saturated heterocycles. The molecule has 1 N–H and O–H groups in total. The molecule has 2 aromatic rings. The molecule has 0 aliphatic carbocycles. The van der Waals surface area contributed by atoms with Gasteiger partial charge in [0.15, 0.2) is 11.0 Å². The lowest BCUT2D eigenvalue weighted by atomic mass is 10.4. The van der Waals surface area contributed by atoms with Crippen molar-refractivity contribution in [3.63, 3.8) is 0 Å². The second-order valence-corrected chi connectivity index (χ2v) is 3.06. The fourth-order valence-corrected chi connectivity index (χ4v) is 1.48. The molecule has 0 fully saturated rings. The van der Waals surface area contributed by atoms with Crippen LogP contribution in [0.15, 0.2) is 30.9 Å². The Hall–Kier alpha value is -1.55. The Balaban J connectivity index is 2.61. The highest BCUT2D eigenvalue weighted by atomic mass is 35.5. The average Bonchev–Trinajstić information content (AvgIpc) is 2.70. The van der Waals surface area contributed by atoms with Crippen LogP contribution in [0.2, 0.25) is 5.15 Å². The topological polar surface area (TPSA) is 42.7 Å². The summed E-state index contributed by atoms with van der Waals surface area (Å²) < 4.78 is 1.87. The molecule has 0 aromatic carbocycles. The fourth-order valence-electron chi connectivity index (χ4n) is 1.25. The molecule has 0 bridgehead atoms. The second kappa shape index (κ2) is 3.67. The molecule has 14 heavy (non-hydrogen) atoms. The Morgan fingerprint density at radius 2 is 2.00 bits per heavy atom. The van der Waals surface area contributed by atoms with Crippen molar-refractivity contribution in [3.8, 4) is 5.69 Å². The van der Waals surface area contributed by atoms with Gasteiger partial charge in [-0.2, -0.15) is 0 Å². The second-order valence-electron chi connectivity index (χ2n) is 2.70. The third kappa shape index (κ3) is 1.44. The van der Waals surface area contributed by atoms with Gasteiger partial charge in [-0.05, 0) is 12.1 Å². The van der Waals surface area contributed by atoms with Crippen molar-refractivity contribution in [2.45, 2.75) is 0 Å². The van der Waals surface area contributed by atoms with Gasteiger partial charge in [0.05, 0.1) is 0 Å². The highest BCUT2D eigenvalue weighted by molar-refractivity contribution is 6.31. The lowest BCUT2D eigenvalue weighted by Crippen LogP contribution is -2.02. The predicted molar refractivity (Wildman–Crippen MR) is 55.9 cm³/mol. The largest absolute Gasteiger partial charge is 0.371 e. The Bertz CT molecular complexity index is 424. The summed E-state index contributed by atoms with van der Waals surface area (Å²) in [6.45, 7) is 0. The van der Waals surface area contributed by atoms with Crippen LogP contribution >= 0.6 is 11.6 Å². The van der Waals surface area contributed by atoms with E-state index in [4.69, 9.17) is 11.6 Å². The van der Waals surface area contributed by atoms with Gasteiger partial charge in [0.25, 0.3) is 0 Å².